The summed E-state index contributed by atoms with van der Waals surface area (Å²) in [6, 6.07) is 4.11. The second kappa shape index (κ2) is 6.26. The van der Waals surface area contributed by atoms with Crippen LogP contribution in [0, 0.1) is 5.82 Å². The molecule has 0 amide bonds. The summed E-state index contributed by atoms with van der Waals surface area (Å²) in [6.07, 6.45) is 3.57. The Hall–Kier alpha value is -0.590. The molecular weight excluding hydrogens is 309 g/mol. The Morgan fingerprint density at radius 3 is 2.90 bits per heavy atom. The van der Waals surface area contributed by atoms with Gasteiger partial charge in [0.15, 0.2) is 0 Å². The molecule has 2 atom stereocenters. The zero-order valence-electron chi connectivity index (χ0n) is 11.8. The van der Waals surface area contributed by atoms with Crippen molar-refractivity contribution in [2.75, 3.05) is 23.8 Å². The zero-order valence-corrected chi connectivity index (χ0v) is 13.5. The van der Waals surface area contributed by atoms with E-state index in [0.29, 0.717) is 17.2 Å². The number of ether oxygens (including phenoxy) is 1. The van der Waals surface area contributed by atoms with E-state index in [2.05, 4.69) is 0 Å². The van der Waals surface area contributed by atoms with Gasteiger partial charge >= 0.3 is 0 Å². The van der Waals surface area contributed by atoms with Gasteiger partial charge in [-0.05, 0) is 55.4 Å². The van der Waals surface area contributed by atoms with Gasteiger partial charge in [0.2, 0.25) is 0 Å². The van der Waals surface area contributed by atoms with Gasteiger partial charge in [-0.15, -0.1) is 0 Å². The minimum absolute atomic E-state index is 0.00551. The smallest absolute Gasteiger partial charge is 0.124 e. The molecule has 1 spiro atoms. The van der Waals surface area contributed by atoms with E-state index in [-0.39, 0.29) is 16.7 Å². The third-order valence-electron chi connectivity index (χ3n) is 4.35. The second-order valence-electron chi connectivity index (χ2n) is 5.74. The molecule has 2 aliphatic rings. The molecule has 2 saturated heterocycles. The molecule has 2 heterocycles. The summed E-state index contributed by atoms with van der Waals surface area (Å²) in [4.78, 5) is 0.433. The number of benzene rings is 1. The molecule has 2 fully saturated rings. The van der Waals surface area contributed by atoms with E-state index >= 15 is 0 Å². The van der Waals surface area contributed by atoms with E-state index < -0.39 is 10.8 Å². The minimum Gasteiger partial charge on any atom is -0.398 e. The summed E-state index contributed by atoms with van der Waals surface area (Å²) in [5, 5.41) is 0.00551. The van der Waals surface area contributed by atoms with Crippen LogP contribution in [0.5, 0.6) is 0 Å². The maximum absolute atomic E-state index is 13.4. The van der Waals surface area contributed by atoms with Crippen LogP contribution in [-0.4, -0.2) is 33.2 Å². The molecule has 2 unspecified atom stereocenters. The maximum Gasteiger partial charge on any atom is 0.124 e. The molecule has 0 aliphatic carbocycles. The predicted molar refractivity (Wildman–Crippen MR) is 85.5 cm³/mol. The predicted octanol–water partition coefficient (Wildman–Crippen LogP) is 2.96. The number of thioether (sulfide) groups is 1. The van der Waals surface area contributed by atoms with E-state index in [0.717, 1.165) is 37.2 Å². The topological polar surface area (TPSA) is 52.3 Å². The summed E-state index contributed by atoms with van der Waals surface area (Å²) in [7, 11) is -1.27. The normalized spacial score (nSPS) is 26.6. The number of hydrogen-bond donors (Lipinski definition) is 1. The Bertz CT molecular complexity index is 541. The van der Waals surface area contributed by atoms with Gasteiger partial charge in [0, 0.05) is 17.5 Å². The molecule has 1 aromatic carbocycles. The highest BCUT2D eigenvalue weighted by Gasteiger charge is 2.41. The number of nitrogen functional groups attached to an aromatic ring is 1. The Morgan fingerprint density at radius 2 is 2.14 bits per heavy atom. The Kier molecular flexibility index (Phi) is 4.57. The van der Waals surface area contributed by atoms with Crippen LogP contribution < -0.4 is 5.73 Å². The monoisotopic (exact) mass is 329 g/mol. The number of halogens is 1. The summed E-state index contributed by atoms with van der Waals surface area (Å²) in [5.41, 5.74) is 6.17. The fourth-order valence-corrected chi connectivity index (χ4v) is 6.01. The Balaban J connectivity index is 1.79. The number of nitrogens with two attached hydrogens (primary N) is 1. The average molecular weight is 329 g/mol. The van der Waals surface area contributed by atoms with E-state index in [4.69, 9.17) is 10.5 Å². The first kappa shape index (κ1) is 15.3. The van der Waals surface area contributed by atoms with Crippen molar-refractivity contribution in [3.63, 3.8) is 0 Å². The van der Waals surface area contributed by atoms with Crippen LogP contribution in [0.3, 0.4) is 0 Å². The second-order valence-corrected chi connectivity index (χ2v) is 8.66. The van der Waals surface area contributed by atoms with Gasteiger partial charge in [-0.3, -0.25) is 4.21 Å². The van der Waals surface area contributed by atoms with Gasteiger partial charge in [-0.2, -0.15) is 11.8 Å². The molecule has 0 saturated carbocycles. The first-order valence-corrected chi connectivity index (χ1v) is 9.64. The lowest BCUT2D eigenvalue weighted by Crippen LogP contribution is -2.45. The van der Waals surface area contributed by atoms with Crippen LogP contribution in [0.25, 0.3) is 0 Å². The van der Waals surface area contributed by atoms with Crippen LogP contribution in [0.1, 0.15) is 25.7 Å². The molecule has 0 aromatic heterocycles. The van der Waals surface area contributed by atoms with E-state index in [9.17, 15) is 8.60 Å². The van der Waals surface area contributed by atoms with E-state index in [1.165, 1.54) is 18.2 Å². The van der Waals surface area contributed by atoms with Crippen LogP contribution >= 0.6 is 11.8 Å². The maximum atomic E-state index is 13.4. The molecular formula is C15H20FNO2S2. The van der Waals surface area contributed by atoms with E-state index in [1.807, 2.05) is 11.8 Å². The van der Waals surface area contributed by atoms with Crippen molar-refractivity contribution < 1.29 is 13.3 Å². The molecule has 3 rings (SSSR count). The van der Waals surface area contributed by atoms with Gasteiger partial charge in [-0.25, -0.2) is 4.39 Å². The molecule has 1 aromatic rings. The number of hydrogen-bond acceptors (Lipinski definition) is 4. The lowest BCUT2D eigenvalue weighted by atomic mass is 9.88. The van der Waals surface area contributed by atoms with Crippen molar-refractivity contribution in [3.05, 3.63) is 24.0 Å². The molecule has 0 bridgehead atoms. The molecule has 3 nitrogen and oxygen atoms in total. The van der Waals surface area contributed by atoms with Crippen molar-refractivity contribution in [2.45, 2.75) is 41.4 Å². The lowest BCUT2D eigenvalue weighted by Gasteiger charge is -2.43. The molecule has 21 heavy (non-hydrogen) atoms. The molecule has 2 aliphatic heterocycles. The first-order chi connectivity index (χ1) is 10.1. The first-order valence-electron chi connectivity index (χ1n) is 7.27. The quantitative estimate of drug-likeness (QED) is 0.848. The van der Waals surface area contributed by atoms with Gasteiger partial charge in [0.1, 0.15) is 5.82 Å². The third kappa shape index (κ3) is 3.27. The molecule has 2 N–H and O–H groups in total. The SMILES string of the molecule is Nc1ccc(F)cc1S(=O)C1CCOC2(CCSCC2)C1. The van der Waals surface area contributed by atoms with Crippen molar-refractivity contribution in [3.8, 4) is 0 Å². The molecule has 0 radical (unpaired) electrons. The van der Waals surface area contributed by atoms with Crippen LogP contribution in [0.2, 0.25) is 0 Å². The summed E-state index contributed by atoms with van der Waals surface area (Å²) >= 11 is 1.95. The Labute approximate surface area is 131 Å². The lowest BCUT2D eigenvalue weighted by molar-refractivity contribution is -0.0809. The van der Waals surface area contributed by atoms with E-state index in [1.54, 1.807) is 0 Å². The molecule has 116 valence electrons. The minimum atomic E-state index is -1.27. The van der Waals surface area contributed by atoms with Crippen molar-refractivity contribution in [2.24, 2.45) is 0 Å². The fourth-order valence-electron chi connectivity index (χ4n) is 3.12. The summed E-state index contributed by atoms with van der Waals surface area (Å²) < 4.78 is 32.2. The van der Waals surface area contributed by atoms with Crippen LogP contribution in [-0.2, 0) is 15.5 Å². The van der Waals surface area contributed by atoms with Gasteiger partial charge in [-0.1, -0.05) is 0 Å². The van der Waals surface area contributed by atoms with Crippen LogP contribution in [0.15, 0.2) is 23.1 Å². The van der Waals surface area contributed by atoms with Gasteiger partial charge < -0.3 is 10.5 Å². The number of rotatable bonds is 2. The highest BCUT2D eigenvalue weighted by molar-refractivity contribution is 7.99. The third-order valence-corrected chi connectivity index (χ3v) is 7.13. The summed E-state index contributed by atoms with van der Waals surface area (Å²) in [6.45, 7) is 0.635. The largest absolute Gasteiger partial charge is 0.398 e. The highest BCUT2D eigenvalue weighted by Crippen LogP contribution is 2.40. The average Bonchev–Trinajstić information content (AvgIpc) is 2.50. The van der Waals surface area contributed by atoms with Crippen molar-refractivity contribution >= 4 is 28.2 Å². The van der Waals surface area contributed by atoms with Gasteiger partial charge in [0.05, 0.1) is 21.3 Å². The van der Waals surface area contributed by atoms with Crippen LogP contribution in [0.4, 0.5) is 10.1 Å². The van der Waals surface area contributed by atoms with Crippen molar-refractivity contribution in [1.82, 2.24) is 0 Å². The number of anilines is 1. The van der Waals surface area contributed by atoms with Crippen molar-refractivity contribution in [1.29, 1.82) is 0 Å². The molecule has 6 heteroatoms. The fraction of sp³-hybridized carbons (Fsp3) is 0.600. The highest BCUT2D eigenvalue weighted by atomic mass is 32.2. The standard InChI is InChI=1S/C15H20FNO2S2/c16-11-1-2-13(17)14(9-11)21(18)12-3-6-19-15(10-12)4-7-20-8-5-15/h1-2,9,12H,3-8,10,17H2. The summed E-state index contributed by atoms with van der Waals surface area (Å²) in [5.74, 6) is 1.81. The van der Waals surface area contributed by atoms with Gasteiger partial charge in [0.25, 0.3) is 0 Å². The zero-order chi connectivity index (χ0) is 14.9. The Morgan fingerprint density at radius 1 is 1.38 bits per heavy atom.